The monoisotopic (exact) mass is 594 g/mol. The van der Waals surface area contributed by atoms with Crippen molar-refractivity contribution in [2.75, 3.05) is 4.90 Å². The molecule has 2 aliphatic rings. The van der Waals surface area contributed by atoms with Gasteiger partial charge in [0.2, 0.25) is 5.96 Å². The Morgan fingerprint density at radius 1 is 0.791 bits per heavy atom. The fourth-order valence-corrected chi connectivity index (χ4v) is 7.44. The van der Waals surface area contributed by atoms with Crippen LogP contribution in [0.25, 0.3) is 22.0 Å². The van der Waals surface area contributed by atoms with Crippen LogP contribution in [-0.2, 0) is 10.0 Å². The quantitative estimate of drug-likeness (QED) is 0.180. The molecule has 224 valence electrons. The van der Waals surface area contributed by atoms with Crippen molar-refractivity contribution < 1.29 is 8.42 Å². The Labute approximate surface area is 256 Å². The summed E-state index contributed by atoms with van der Waals surface area (Å²) in [7, 11) is -3.89. The van der Waals surface area contributed by atoms with Crippen molar-refractivity contribution in [3.05, 3.63) is 90.0 Å². The van der Waals surface area contributed by atoms with E-state index < -0.39 is 10.0 Å². The molecule has 0 spiro atoms. The predicted octanol–water partition coefficient (Wildman–Crippen LogP) is 8.32. The van der Waals surface area contributed by atoms with Gasteiger partial charge in [0, 0.05) is 17.0 Å². The zero-order chi connectivity index (χ0) is 29.8. The van der Waals surface area contributed by atoms with E-state index in [-0.39, 0.29) is 17.0 Å². The molecule has 2 fully saturated rings. The van der Waals surface area contributed by atoms with E-state index in [4.69, 9.17) is 9.98 Å². The van der Waals surface area contributed by atoms with Gasteiger partial charge in [-0.3, -0.25) is 4.90 Å². The highest BCUT2D eigenvalue weighted by Crippen LogP contribution is 2.35. The number of fused-ring (bicyclic) bond motifs is 1. The lowest BCUT2D eigenvalue weighted by Crippen LogP contribution is -2.51. The maximum atomic E-state index is 14.0. The highest BCUT2D eigenvalue weighted by molar-refractivity contribution is 7.90. The molecule has 1 N–H and O–H groups in total. The Bertz CT molecular complexity index is 1690. The molecule has 2 aliphatic carbocycles. The molecular formula is C36H42N4O2S. The van der Waals surface area contributed by atoms with E-state index in [1.165, 1.54) is 18.4 Å². The second kappa shape index (κ2) is 12.9. The molecule has 6 nitrogen and oxygen atoms in total. The number of guanidine groups is 1. The Kier molecular flexibility index (Phi) is 8.80. The van der Waals surface area contributed by atoms with Gasteiger partial charge in [0.15, 0.2) is 0 Å². The van der Waals surface area contributed by atoms with Gasteiger partial charge in [0.25, 0.3) is 10.0 Å². The summed E-state index contributed by atoms with van der Waals surface area (Å²) < 4.78 is 30.9. The van der Waals surface area contributed by atoms with Crippen LogP contribution < -0.4 is 9.62 Å². The molecule has 1 heterocycles. The number of sulfonamides is 1. The fourth-order valence-electron chi connectivity index (χ4n) is 6.44. The first kappa shape index (κ1) is 29.4. The lowest BCUT2D eigenvalue weighted by molar-refractivity contribution is 0.428. The molecule has 0 bridgehead atoms. The first-order valence-electron chi connectivity index (χ1n) is 15.8. The number of anilines is 1. The highest BCUT2D eigenvalue weighted by Gasteiger charge is 2.32. The summed E-state index contributed by atoms with van der Waals surface area (Å²) in [4.78, 5) is 13.0. The van der Waals surface area contributed by atoms with Gasteiger partial charge in [-0.15, -0.1) is 0 Å². The average Bonchev–Trinajstić information content (AvgIpc) is 3.02. The van der Waals surface area contributed by atoms with E-state index in [9.17, 15) is 8.42 Å². The number of aliphatic imine (C=N–C) groups is 1. The fraction of sp³-hybridized carbons (Fsp3) is 0.389. The van der Waals surface area contributed by atoms with Gasteiger partial charge in [0.05, 0.1) is 16.6 Å². The summed E-state index contributed by atoms with van der Waals surface area (Å²) in [5.41, 5.74) is 4.11. The second-order valence-corrected chi connectivity index (χ2v) is 13.9. The number of hydrogen-bond acceptors (Lipinski definition) is 4. The molecule has 3 aromatic carbocycles. The zero-order valence-corrected chi connectivity index (χ0v) is 26.1. The predicted molar refractivity (Wildman–Crippen MR) is 177 cm³/mol. The molecule has 0 amide bonds. The van der Waals surface area contributed by atoms with Gasteiger partial charge in [-0.1, -0.05) is 110 Å². The minimum absolute atomic E-state index is 0.0714. The molecule has 0 unspecified atom stereocenters. The lowest BCUT2D eigenvalue weighted by Gasteiger charge is -2.37. The van der Waals surface area contributed by atoms with Crippen LogP contribution in [0.2, 0.25) is 0 Å². The molecule has 0 saturated heterocycles. The molecule has 2 saturated carbocycles. The number of aromatic nitrogens is 1. The molecule has 1 aromatic heterocycles. The van der Waals surface area contributed by atoms with Crippen molar-refractivity contribution in [1.82, 2.24) is 9.71 Å². The number of nitrogens with zero attached hydrogens (tertiary/aromatic N) is 3. The van der Waals surface area contributed by atoms with Crippen molar-refractivity contribution in [2.24, 2.45) is 4.99 Å². The van der Waals surface area contributed by atoms with Crippen molar-refractivity contribution >= 4 is 32.6 Å². The second-order valence-electron chi connectivity index (χ2n) is 12.2. The third-order valence-electron chi connectivity index (χ3n) is 8.90. The number of pyridine rings is 1. The molecular weight excluding hydrogens is 552 g/mol. The van der Waals surface area contributed by atoms with Crippen molar-refractivity contribution in [1.29, 1.82) is 0 Å². The molecule has 0 radical (unpaired) electrons. The first-order valence-corrected chi connectivity index (χ1v) is 17.3. The van der Waals surface area contributed by atoms with Crippen LogP contribution in [0.1, 0.15) is 75.3 Å². The van der Waals surface area contributed by atoms with Gasteiger partial charge in [-0.2, -0.15) is 0 Å². The van der Waals surface area contributed by atoms with E-state index in [2.05, 4.69) is 59.0 Å². The molecule has 0 atom stereocenters. The summed E-state index contributed by atoms with van der Waals surface area (Å²) in [6.07, 6.45) is 10.6. The van der Waals surface area contributed by atoms with Crippen LogP contribution in [0.5, 0.6) is 0 Å². The molecule has 7 heteroatoms. The SMILES string of the molecule is Cc1ccc(-c2cc3ccccc3c(N(C(=NC3CCCCC3)NS(=O)(=O)c3ccc(C)cc3)C3CCCCC3)n2)cc1. The normalized spacial score (nSPS) is 17.2. The van der Waals surface area contributed by atoms with Crippen LogP contribution in [0.3, 0.4) is 0 Å². The maximum absolute atomic E-state index is 14.0. The Hall–Kier alpha value is -3.71. The summed E-state index contributed by atoms with van der Waals surface area (Å²) in [5, 5.41) is 2.07. The minimum Gasteiger partial charge on any atom is -0.293 e. The van der Waals surface area contributed by atoms with Gasteiger partial charge >= 0.3 is 0 Å². The van der Waals surface area contributed by atoms with E-state index in [0.29, 0.717) is 5.96 Å². The lowest BCUT2D eigenvalue weighted by atomic mass is 9.93. The molecule has 0 aliphatic heterocycles. The van der Waals surface area contributed by atoms with Gasteiger partial charge in [-0.25, -0.2) is 23.1 Å². The van der Waals surface area contributed by atoms with Gasteiger partial charge in [0.1, 0.15) is 5.82 Å². The summed E-state index contributed by atoms with van der Waals surface area (Å²) in [5.74, 6) is 1.17. The summed E-state index contributed by atoms with van der Waals surface area (Å²) in [6.45, 7) is 4.05. The van der Waals surface area contributed by atoms with Crippen LogP contribution in [0.15, 0.2) is 88.8 Å². The smallest absolute Gasteiger partial charge is 0.264 e. The van der Waals surface area contributed by atoms with Crippen molar-refractivity contribution in [2.45, 2.75) is 95.0 Å². The van der Waals surface area contributed by atoms with E-state index in [1.807, 2.05) is 31.2 Å². The van der Waals surface area contributed by atoms with E-state index in [0.717, 1.165) is 84.8 Å². The minimum atomic E-state index is -3.89. The van der Waals surface area contributed by atoms with Crippen LogP contribution in [0, 0.1) is 13.8 Å². The summed E-state index contributed by atoms with van der Waals surface area (Å²) >= 11 is 0. The zero-order valence-electron chi connectivity index (χ0n) is 25.3. The maximum Gasteiger partial charge on any atom is 0.264 e. The highest BCUT2D eigenvalue weighted by atomic mass is 32.2. The van der Waals surface area contributed by atoms with Crippen molar-refractivity contribution in [3.8, 4) is 11.3 Å². The number of nitrogens with one attached hydrogen (secondary N) is 1. The molecule has 43 heavy (non-hydrogen) atoms. The number of aryl methyl sites for hydroxylation is 2. The van der Waals surface area contributed by atoms with Crippen LogP contribution >= 0.6 is 0 Å². The van der Waals surface area contributed by atoms with Gasteiger partial charge in [-0.05, 0) is 63.1 Å². The first-order chi connectivity index (χ1) is 20.9. The standard InChI is InChI=1S/C36H42N4O2S/c1-26-17-21-28(22-18-26)34-25-29-11-9-10-16-33(29)35(38-34)40(31-14-7-4-8-15-31)36(37-30-12-5-3-6-13-30)39-43(41,42)32-23-19-27(2)20-24-32/h9-11,16-25,30-31H,3-8,12-15H2,1-2H3,(H,37,39). The van der Waals surface area contributed by atoms with Crippen molar-refractivity contribution in [3.63, 3.8) is 0 Å². The summed E-state index contributed by atoms with van der Waals surface area (Å²) in [6, 6.07) is 26.0. The van der Waals surface area contributed by atoms with Crippen LogP contribution in [-0.4, -0.2) is 31.4 Å². The van der Waals surface area contributed by atoms with E-state index in [1.54, 1.807) is 12.1 Å². The number of benzene rings is 3. The molecule has 6 rings (SSSR count). The van der Waals surface area contributed by atoms with E-state index >= 15 is 0 Å². The topological polar surface area (TPSA) is 74.7 Å². The third kappa shape index (κ3) is 6.77. The Balaban J connectivity index is 1.54. The number of rotatable bonds is 6. The van der Waals surface area contributed by atoms with Crippen LogP contribution in [0.4, 0.5) is 5.82 Å². The molecule has 4 aromatic rings. The number of hydrogen-bond donors (Lipinski definition) is 1. The van der Waals surface area contributed by atoms with Gasteiger partial charge < -0.3 is 0 Å². The Morgan fingerprint density at radius 2 is 1.40 bits per heavy atom. The third-order valence-corrected chi connectivity index (χ3v) is 10.2. The Morgan fingerprint density at radius 3 is 2.07 bits per heavy atom. The average molecular weight is 595 g/mol. The largest absolute Gasteiger partial charge is 0.293 e.